The molecule has 3 rings (SSSR count). The van der Waals surface area contributed by atoms with Crippen molar-refractivity contribution in [1.29, 1.82) is 0 Å². The van der Waals surface area contributed by atoms with Crippen LogP contribution in [0.4, 0.5) is 24.5 Å². The molecule has 0 aromatic heterocycles. The largest absolute Gasteiger partial charge is 0.416 e. The van der Waals surface area contributed by atoms with Crippen LogP contribution in [0, 0.1) is 6.92 Å². The summed E-state index contributed by atoms with van der Waals surface area (Å²) < 4.78 is 65.6. The average Bonchev–Trinajstić information content (AvgIpc) is 2.72. The van der Waals surface area contributed by atoms with Crippen LogP contribution in [0.15, 0.2) is 77.7 Å². The first-order valence-electron chi connectivity index (χ1n) is 9.29. The maximum Gasteiger partial charge on any atom is 0.416 e. The Morgan fingerprint density at radius 2 is 1.56 bits per heavy atom. The molecular formula is C22H18ClF3N2O3S. The van der Waals surface area contributed by atoms with Gasteiger partial charge in [0.15, 0.2) is 0 Å². The van der Waals surface area contributed by atoms with E-state index in [0.29, 0.717) is 0 Å². The summed E-state index contributed by atoms with van der Waals surface area (Å²) in [5.74, 6) is -0.750. The zero-order valence-corrected chi connectivity index (χ0v) is 18.3. The second kappa shape index (κ2) is 9.22. The molecule has 0 fully saturated rings. The molecule has 3 aromatic rings. The van der Waals surface area contributed by atoms with Gasteiger partial charge in [-0.05, 0) is 55.5 Å². The van der Waals surface area contributed by atoms with Crippen molar-refractivity contribution >= 4 is 38.9 Å². The molecule has 0 aliphatic rings. The van der Waals surface area contributed by atoms with Crippen LogP contribution < -0.4 is 9.62 Å². The number of amides is 1. The highest BCUT2D eigenvalue weighted by Gasteiger charge is 2.31. The lowest BCUT2D eigenvalue weighted by molar-refractivity contribution is -0.137. The molecule has 0 atom stereocenters. The Labute approximate surface area is 188 Å². The van der Waals surface area contributed by atoms with Gasteiger partial charge in [-0.2, -0.15) is 13.2 Å². The Kier molecular flexibility index (Phi) is 6.80. The van der Waals surface area contributed by atoms with Gasteiger partial charge in [0.05, 0.1) is 21.2 Å². The van der Waals surface area contributed by atoms with Crippen molar-refractivity contribution in [2.24, 2.45) is 0 Å². The van der Waals surface area contributed by atoms with Gasteiger partial charge in [-0.3, -0.25) is 9.10 Å². The van der Waals surface area contributed by atoms with Crippen molar-refractivity contribution in [1.82, 2.24) is 0 Å². The van der Waals surface area contributed by atoms with E-state index in [1.165, 1.54) is 24.3 Å². The molecule has 0 radical (unpaired) electrons. The first-order valence-corrected chi connectivity index (χ1v) is 11.1. The SMILES string of the molecule is Cc1ccc(S(=O)(=O)N(CC(=O)Nc2ccc(C(F)(F)F)cc2)c2ccccc2Cl)cc1. The van der Waals surface area contributed by atoms with Crippen LogP contribution >= 0.6 is 11.6 Å². The molecule has 0 saturated carbocycles. The number of para-hydroxylation sites is 1. The highest BCUT2D eigenvalue weighted by molar-refractivity contribution is 7.92. The predicted octanol–water partition coefficient (Wildman–Crippen LogP) is 5.50. The van der Waals surface area contributed by atoms with E-state index >= 15 is 0 Å². The summed E-state index contributed by atoms with van der Waals surface area (Å²) in [7, 11) is -4.17. The number of nitrogens with one attached hydrogen (secondary N) is 1. The number of halogens is 4. The first kappa shape index (κ1) is 23.6. The van der Waals surface area contributed by atoms with E-state index in [1.807, 2.05) is 0 Å². The Morgan fingerprint density at radius 3 is 2.12 bits per heavy atom. The normalized spacial score (nSPS) is 11.8. The van der Waals surface area contributed by atoms with E-state index in [4.69, 9.17) is 11.6 Å². The molecule has 0 aliphatic carbocycles. The number of rotatable bonds is 6. The van der Waals surface area contributed by atoms with Crippen molar-refractivity contribution in [2.45, 2.75) is 18.0 Å². The molecule has 32 heavy (non-hydrogen) atoms. The second-order valence-corrected chi connectivity index (χ2v) is 9.17. The summed E-state index contributed by atoms with van der Waals surface area (Å²) in [6.45, 7) is 1.17. The van der Waals surface area contributed by atoms with E-state index in [0.717, 1.165) is 34.1 Å². The smallest absolute Gasteiger partial charge is 0.325 e. The molecule has 168 valence electrons. The van der Waals surface area contributed by atoms with Crippen LogP contribution in [0.3, 0.4) is 0 Å². The number of hydrogen-bond acceptors (Lipinski definition) is 3. The highest BCUT2D eigenvalue weighted by atomic mass is 35.5. The van der Waals surface area contributed by atoms with Gasteiger partial charge in [-0.15, -0.1) is 0 Å². The minimum Gasteiger partial charge on any atom is -0.325 e. The Morgan fingerprint density at radius 1 is 0.969 bits per heavy atom. The van der Waals surface area contributed by atoms with E-state index < -0.39 is 34.2 Å². The number of anilines is 2. The van der Waals surface area contributed by atoms with Crippen molar-refractivity contribution in [3.63, 3.8) is 0 Å². The van der Waals surface area contributed by atoms with Gasteiger partial charge in [-0.1, -0.05) is 41.4 Å². The van der Waals surface area contributed by atoms with Gasteiger partial charge >= 0.3 is 6.18 Å². The third-order valence-electron chi connectivity index (χ3n) is 4.51. The molecule has 0 aliphatic heterocycles. The van der Waals surface area contributed by atoms with Crippen LogP contribution in [-0.4, -0.2) is 20.9 Å². The molecule has 0 heterocycles. The van der Waals surface area contributed by atoms with Crippen LogP contribution in [0.1, 0.15) is 11.1 Å². The zero-order valence-electron chi connectivity index (χ0n) is 16.7. The summed E-state index contributed by atoms with van der Waals surface area (Å²) in [4.78, 5) is 12.6. The van der Waals surface area contributed by atoms with Gasteiger partial charge < -0.3 is 5.32 Å². The average molecular weight is 483 g/mol. The molecule has 0 spiro atoms. The Bertz CT molecular complexity index is 1210. The third-order valence-corrected chi connectivity index (χ3v) is 6.61. The summed E-state index contributed by atoms with van der Waals surface area (Å²) in [5, 5.41) is 2.53. The van der Waals surface area contributed by atoms with Crippen LogP contribution in [0.25, 0.3) is 0 Å². The van der Waals surface area contributed by atoms with Crippen LogP contribution in [0.5, 0.6) is 0 Å². The fourth-order valence-corrected chi connectivity index (χ4v) is 4.59. The fourth-order valence-electron chi connectivity index (χ4n) is 2.86. The fraction of sp³-hybridized carbons (Fsp3) is 0.136. The molecule has 0 saturated heterocycles. The lowest BCUT2D eigenvalue weighted by Gasteiger charge is -2.25. The lowest BCUT2D eigenvalue weighted by atomic mass is 10.2. The number of sulfonamides is 1. The van der Waals surface area contributed by atoms with Gasteiger partial charge in [0, 0.05) is 5.69 Å². The molecule has 5 nitrogen and oxygen atoms in total. The third kappa shape index (κ3) is 5.41. The van der Waals surface area contributed by atoms with Gasteiger partial charge in [-0.25, -0.2) is 8.42 Å². The maximum atomic E-state index is 13.3. The molecular weight excluding hydrogens is 465 g/mol. The molecule has 1 amide bonds. The summed E-state index contributed by atoms with van der Waals surface area (Å²) in [6, 6.07) is 16.1. The number of alkyl halides is 3. The Hall–Kier alpha value is -3.04. The topological polar surface area (TPSA) is 66.5 Å². The lowest BCUT2D eigenvalue weighted by Crippen LogP contribution is -2.38. The predicted molar refractivity (Wildman–Crippen MR) is 117 cm³/mol. The number of carbonyl (C=O) groups excluding carboxylic acids is 1. The number of carbonyl (C=O) groups is 1. The van der Waals surface area contributed by atoms with E-state index in [1.54, 1.807) is 31.2 Å². The Balaban J connectivity index is 1.90. The number of benzene rings is 3. The quantitative estimate of drug-likeness (QED) is 0.504. The summed E-state index contributed by atoms with van der Waals surface area (Å²) >= 11 is 6.20. The van der Waals surface area contributed by atoms with E-state index in [-0.39, 0.29) is 21.3 Å². The highest BCUT2D eigenvalue weighted by Crippen LogP contribution is 2.31. The van der Waals surface area contributed by atoms with Crippen molar-refractivity contribution in [2.75, 3.05) is 16.2 Å². The van der Waals surface area contributed by atoms with Crippen LogP contribution in [0.2, 0.25) is 5.02 Å². The maximum absolute atomic E-state index is 13.3. The van der Waals surface area contributed by atoms with Crippen LogP contribution in [-0.2, 0) is 21.0 Å². The van der Waals surface area contributed by atoms with Gasteiger partial charge in [0.25, 0.3) is 10.0 Å². The number of hydrogen-bond donors (Lipinski definition) is 1. The molecule has 3 aromatic carbocycles. The van der Waals surface area contributed by atoms with E-state index in [2.05, 4.69) is 5.32 Å². The minimum absolute atomic E-state index is 0.0367. The first-order chi connectivity index (χ1) is 15.0. The van der Waals surface area contributed by atoms with Gasteiger partial charge in [0.1, 0.15) is 6.54 Å². The van der Waals surface area contributed by atoms with Crippen molar-refractivity contribution in [3.05, 3.63) is 88.9 Å². The molecule has 0 unspecified atom stereocenters. The minimum atomic E-state index is -4.51. The molecule has 10 heteroatoms. The van der Waals surface area contributed by atoms with Crippen molar-refractivity contribution < 1.29 is 26.4 Å². The number of aryl methyl sites for hydroxylation is 1. The van der Waals surface area contributed by atoms with Gasteiger partial charge in [0.2, 0.25) is 5.91 Å². The number of nitrogens with zero attached hydrogens (tertiary/aromatic N) is 1. The van der Waals surface area contributed by atoms with E-state index in [9.17, 15) is 26.4 Å². The molecule has 1 N–H and O–H groups in total. The van der Waals surface area contributed by atoms with Crippen molar-refractivity contribution in [3.8, 4) is 0 Å². The summed E-state index contributed by atoms with van der Waals surface area (Å²) in [6.07, 6.45) is -4.51. The summed E-state index contributed by atoms with van der Waals surface area (Å²) in [5.41, 5.74) is 0.176. The molecule has 0 bridgehead atoms. The standard InChI is InChI=1S/C22H18ClF3N2O3S/c1-15-6-12-18(13-7-15)32(30,31)28(20-5-3-2-4-19(20)23)14-21(29)27-17-10-8-16(9-11-17)22(24,25)26/h2-13H,14H2,1H3,(H,27,29). The second-order valence-electron chi connectivity index (χ2n) is 6.90. The monoisotopic (exact) mass is 482 g/mol. The zero-order chi connectivity index (χ0) is 23.5.